The normalized spacial score (nSPS) is 17.5. The van der Waals surface area contributed by atoms with E-state index in [9.17, 15) is 9.59 Å². The Bertz CT molecular complexity index is 1010. The fourth-order valence-electron chi connectivity index (χ4n) is 3.75. The van der Waals surface area contributed by atoms with Crippen molar-refractivity contribution in [3.8, 4) is 0 Å². The summed E-state index contributed by atoms with van der Waals surface area (Å²) in [7, 11) is 0. The van der Waals surface area contributed by atoms with Gasteiger partial charge in [0.05, 0.1) is 11.7 Å². The molecule has 2 amide bonds. The summed E-state index contributed by atoms with van der Waals surface area (Å²) < 4.78 is 2.00. The molecule has 146 valence electrons. The Labute approximate surface area is 163 Å². The third kappa shape index (κ3) is 3.37. The quantitative estimate of drug-likeness (QED) is 0.733. The highest BCUT2D eigenvalue weighted by Gasteiger charge is 2.33. The molecular weight excluding hydrogens is 356 g/mol. The van der Waals surface area contributed by atoms with E-state index in [-0.39, 0.29) is 24.4 Å². The zero-order valence-corrected chi connectivity index (χ0v) is 16.1. The van der Waals surface area contributed by atoms with Crippen LogP contribution in [0.1, 0.15) is 26.1 Å². The number of nitrogens with one attached hydrogen (secondary N) is 1. The topological polar surface area (TPSA) is 87.1 Å². The molecule has 3 heterocycles. The maximum absolute atomic E-state index is 12.8. The Kier molecular flexibility index (Phi) is 4.85. The SMILES string of the molecule is CCc1nccn1CCC(=O)N1CC(=O)N(c2ccc3cn[nH]c3c2)C[C@H]1C. The molecule has 1 aliphatic heterocycles. The van der Waals surface area contributed by atoms with Crippen molar-refractivity contribution < 1.29 is 9.59 Å². The van der Waals surface area contributed by atoms with Gasteiger partial charge in [-0.25, -0.2) is 4.98 Å². The van der Waals surface area contributed by atoms with Crippen LogP contribution in [0, 0.1) is 0 Å². The molecule has 0 unspecified atom stereocenters. The molecule has 4 rings (SSSR count). The highest BCUT2D eigenvalue weighted by molar-refractivity contribution is 5.99. The van der Waals surface area contributed by atoms with Crippen molar-refractivity contribution in [1.29, 1.82) is 0 Å². The number of nitrogens with zero attached hydrogens (tertiary/aromatic N) is 5. The maximum atomic E-state index is 12.8. The maximum Gasteiger partial charge on any atom is 0.246 e. The van der Waals surface area contributed by atoms with Gasteiger partial charge >= 0.3 is 0 Å². The van der Waals surface area contributed by atoms with Crippen LogP contribution in [0.4, 0.5) is 5.69 Å². The zero-order valence-electron chi connectivity index (χ0n) is 16.1. The number of benzene rings is 1. The smallest absolute Gasteiger partial charge is 0.246 e. The van der Waals surface area contributed by atoms with Crippen molar-refractivity contribution in [3.05, 3.63) is 42.6 Å². The molecule has 1 N–H and O–H groups in total. The average molecular weight is 380 g/mol. The van der Waals surface area contributed by atoms with Crippen molar-refractivity contribution >= 4 is 28.4 Å². The number of anilines is 1. The Hall–Kier alpha value is -3.16. The number of H-pyrrole nitrogens is 1. The molecule has 8 nitrogen and oxygen atoms in total. The average Bonchev–Trinajstić information content (AvgIpc) is 3.35. The number of amides is 2. The summed E-state index contributed by atoms with van der Waals surface area (Å²) in [6.07, 6.45) is 6.59. The van der Waals surface area contributed by atoms with E-state index in [1.54, 1.807) is 22.2 Å². The van der Waals surface area contributed by atoms with Crippen LogP contribution >= 0.6 is 0 Å². The number of carbonyl (C=O) groups is 2. The lowest BCUT2D eigenvalue weighted by Gasteiger charge is -2.39. The van der Waals surface area contributed by atoms with Gasteiger partial charge in [-0.2, -0.15) is 5.10 Å². The number of fused-ring (bicyclic) bond motifs is 1. The van der Waals surface area contributed by atoms with Gasteiger partial charge in [-0.1, -0.05) is 6.92 Å². The Morgan fingerprint density at radius 2 is 2.21 bits per heavy atom. The number of aryl methyl sites for hydroxylation is 2. The van der Waals surface area contributed by atoms with Gasteiger partial charge in [0.1, 0.15) is 12.4 Å². The molecule has 0 spiro atoms. The van der Waals surface area contributed by atoms with Gasteiger partial charge in [0.2, 0.25) is 11.8 Å². The predicted molar refractivity (Wildman–Crippen MR) is 106 cm³/mol. The van der Waals surface area contributed by atoms with E-state index in [4.69, 9.17) is 0 Å². The minimum Gasteiger partial charge on any atom is -0.334 e. The van der Waals surface area contributed by atoms with Crippen molar-refractivity contribution in [3.63, 3.8) is 0 Å². The van der Waals surface area contributed by atoms with E-state index in [0.29, 0.717) is 19.5 Å². The first-order chi connectivity index (χ1) is 13.6. The largest absolute Gasteiger partial charge is 0.334 e. The first-order valence-electron chi connectivity index (χ1n) is 9.59. The van der Waals surface area contributed by atoms with Crippen LogP contribution in [-0.4, -0.2) is 55.6 Å². The van der Waals surface area contributed by atoms with Crippen LogP contribution in [0.15, 0.2) is 36.8 Å². The number of rotatable bonds is 5. The number of aromatic amines is 1. The van der Waals surface area contributed by atoms with Crippen LogP contribution in [0.5, 0.6) is 0 Å². The molecule has 1 aromatic carbocycles. The molecule has 28 heavy (non-hydrogen) atoms. The first kappa shape index (κ1) is 18.2. The summed E-state index contributed by atoms with van der Waals surface area (Å²) >= 11 is 0. The third-order valence-electron chi connectivity index (χ3n) is 5.33. The van der Waals surface area contributed by atoms with Crippen LogP contribution < -0.4 is 4.90 Å². The highest BCUT2D eigenvalue weighted by Crippen LogP contribution is 2.24. The second-order valence-corrected chi connectivity index (χ2v) is 7.16. The lowest BCUT2D eigenvalue weighted by atomic mass is 10.1. The van der Waals surface area contributed by atoms with Crippen molar-refractivity contribution in [2.24, 2.45) is 0 Å². The minimum atomic E-state index is -0.0674. The Morgan fingerprint density at radius 3 is 3.04 bits per heavy atom. The molecule has 1 saturated heterocycles. The monoisotopic (exact) mass is 380 g/mol. The molecule has 8 heteroatoms. The molecular formula is C20H24N6O2. The standard InChI is InChI=1S/C20H24N6O2/c1-3-18-21-7-9-24(18)8-6-19(27)25-13-20(28)26(12-14(25)2)16-5-4-15-11-22-23-17(15)10-16/h4-5,7,9-11,14H,3,6,8,12-13H2,1-2H3,(H,22,23)/t14-/m1/s1. The van der Waals surface area contributed by atoms with E-state index < -0.39 is 0 Å². The number of piperazine rings is 1. The van der Waals surface area contributed by atoms with Gasteiger partial charge in [0.15, 0.2) is 0 Å². The van der Waals surface area contributed by atoms with Gasteiger partial charge in [-0.05, 0) is 25.1 Å². The molecule has 0 bridgehead atoms. The number of imidazole rings is 1. The summed E-state index contributed by atoms with van der Waals surface area (Å²) in [6, 6.07) is 5.75. The summed E-state index contributed by atoms with van der Waals surface area (Å²) in [5, 5.41) is 7.96. The molecule has 1 aliphatic rings. The van der Waals surface area contributed by atoms with E-state index in [0.717, 1.165) is 28.8 Å². The summed E-state index contributed by atoms with van der Waals surface area (Å²) in [4.78, 5) is 33.2. The molecule has 3 aromatic rings. The second-order valence-electron chi connectivity index (χ2n) is 7.16. The highest BCUT2D eigenvalue weighted by atomic mass is 16.2. The van der Waals surface area contributed by atoms with E-state index in [2.05, 4.69) is 15.2 Å². The Morgan fingerprint density at radius 1 is 1.36 bits per heavy atom. The lowest BCUT2D eigenvalue weighted by molar-refractivity contribution is -0.139. The van der Waals surface area contributed by atoms with Gasteiger partial charge < -0.3 is 14.4 Å². The fourth-order valence-corrected chi connectivity index (χ4v) is 3.75. The Balaban J connectivity index is 1.42. The van der Waals surface area contributed by atoms with Crippen LogP contribution in [0.25, 0.3) is 10.9 Å². The van der Waals surface area contributed by atoms with Crippen molar-refractivity contribution in [2.75, 3.05) is 18.0 Å². The van der Waals surface area contributed by atoms with Gasteiger partial charge in [0.25, 0.3) is 0 Å². The van der Waals surface area contributed by atoms with Crippen molar-refractivity contribution in [2.45, 2.75) is 39.3 Å². The van der Waals surface area contributed by atoms with Gasteiger partial charge in [-0.3, -0.25) is 14.7 Å². The zero-order chi connectivity index (χ0) is 19.7. The third-order valence-corrected chi connectivity index (χ3v) is 5.33. The molecule has 0 aliphatic carbocycles. The number of aromatic nitrogens is 4. The van der Waals surface area contributed by atoms with E-state index in [1.807, 2.05) is 42.8 Å². The fraction of sp³-hybridized carbons (Fsp3) is 0.400. The first-order valence-corrected chi connectivity index (χ1v) is 9.59. The van der Waals surface area contributed by atoms with E-state index >= 15 is 0 Å². The summed E-state index contributed by atoms with van der Waals surface area (Å²) in [5.41, 5.74) is 1.72. The molecule has 1 atom stereocenters. The molecule has 0 saturated carbocycles. The number of hydrogen-bond donors (Lipinski definition) is 1. The van der Waals surface area contributed by atoms with Crippen LogP contribution in [0.3, 0.4) is 0 Å². The van der Waals surface area contributed by atoms with Crippen LogP contribution in [-0.2, 0) is 22.6 Å². The lowest BCUT2D eigenvalue weighted by Crippen LogP contribution is -2.57. The molecule has 1 fully saturated rings. The second kappa shape index (κ2) is 7.46. The van der Waals surface area contributed by atoms with Gasteiger partial charge in [0, 0.05) is 55.4 Å². The number of carbonyl (C=O) groups excluding carboxylic acids is 2. The summed E-state index contributed by atoms with van der Waals surface area (Å²) in [6.45, 7) is 5.20. The van der Waals surface area contributed by atoms with Crippen molar-refractivity contribution in [1.82, 2.24) is 24.6 Å². The van der Waals surface area contributed by atoms with E-state index in [1.165, 1.54) is 0 Å². The predicted octanol–water partition coefficient (Wildman–Crippen LogP) is 1.98. The summed E-state index contributed by atoms with van der Waals surface area (Å²) in [5.74, 6) is 0.901. The van der Waals surface area contributed by atoms with Crippen LogP contribution in [0.2, 0.25) is 0 Å². The molecule has 0 radical (unpaired) electrons. The van der Waals surface area contributed by atoms with Gasteiger partial charge in [-0.15, -0.1) is 0 Å². The molecule has 2 aromatic heterocycles. The minimum absolute atomic E-state index is 0.000253. The number of hydrogen-bond acceptors (Lipinski definition) is 4.